The molecule has 1 atom stereocenters. The Morgan fingerprint density at radius 1 is 1.28 bits per heavy atom. The van der Waals surface area contributed by atoms with Crippen LogP contribution in [0, 0.1) is 5.82 Å². The van der Waals surface area contributed by atoms with Crippen molar-refractivity contribution >= 4 is 23.4 Å². The van der Waals surface area contributed by atoms with Gasteiger partial charge in [0.05, 0.1) is 0 Å². The van der Waals surface area contributed by atoms with Crippen LogP contribution >= 0.6 is 11.6 Å². The second-order valence-electron chi connectivity index (χ2n) is 4.27. The van der Waals surface area contributed by atoms with Crippen LogP contribution in [-0.2, 0) is 4.79 Å². The van der Waals surface area contributed by atoms with Gasteiger partial charge in [0.1, 0.15) is 11.2 Å². The summed E-state index contributed by atoms with van der Waals surface area (Å²) in [6, 6.07) is 5.15. The fourth-order valence-corrected chi connectivity index (χ4v) is 2.22. The fraction of sp³-hybridized carbons (Fsp3) is 0.385. The van der Waals surface area contributed by atoms with E-state index < -0.39 is 17.1 Å². The number of amides is 2. The van der Waals surface area contributed by atoms with Crippen LogP contribution in [0.1, 0.15) is 29.6 Å². The maximum atomic E-state index is 12.8. The predicted octanol–water partition coefficient (Wildman–Crippen LogP) is 2.59. The number of rotatable bonds is 1. The smallest absolute Gasteiger partial charge is 0.260 e. The highest BCUT2D eigenvalue weighted by molar-refractivity contribution is 6.32. The molecular weight excluding hydrogens is 257 g/mol. The standard InChI is InChI=1S/C13H13ClFNO2/c14-11-3-1-2-8-16(13(11)18)12(17)9-4-6-10(15)7-5-9/h4-7,11H,1-3,8H2/t11-/m0/s1. The van der Waals surface area contributed by atoms with Crippen LogP contribution in [0.2, 0.25) is 0 Å². The Morgan fingerprint density at radius 3 is 2.61 bits per heavy atom. The van der Waals surface area contributed by atoms with Gasteiger partial charge in [0.15, 0.2) is 0 Å². The molecule has 0 radical (unpaired) electrons. The van der Waals surface area contributed by atoms with Crippen molar-refractivity contribution in [1.82, 2.24) is 4.90 Å². The molecule has 2 rings (SSSR count). The molecule has 0 aromatic heterocycles. The van der Waals surface area contributed by atoms with E-state index in [0.29, 0.717) is 18.5 Å². The van der Waals surface area contributed by atoms with Crippen LogP contribution in [0.25, 0.3) is 0 Å². The third-order valence-corrected chi connectivity index (χ3v) is 3.36. The largest absolute Gasteiger partial charge is 0.277 e. The van der Waals surface area contributed by atoms with Crippen molar-refractivity contribution in [3.8, 4) is 0 Å². The Morgan fingerprint density at radius 2 is 1.94 bits per heavy atom. The lowest BCUT2D eigenvalue weighted by atomic mass is 10.2. The summed E-state index contributed by atoms with van der Waals surface area (Å²) in [6.45, 7) is 0.373. The van der Waals surface area contributed by atoms with Gasteiger partial charge >= 0.3 is 0 Å². The predicted molar refractivity (Wildman–Crippen MR) is 65.9 cm³/mol. The van der Waals surface area contributed by atoms with E-state index in [1.807, 2.05) is 0 Å². The number of imide groups is 1. The molecule has 0 bridgehead atoms. The Labute approximate surface area is 110 Å². The molecule has 0 spiro atoms. The van der Waals surface area contributed by atoms with Crippen LogP contribution in [0.15, 0.2) is 24.3 Å². The number of alkyl halides is 1. The van der Waals surface area contributed by atoms with Crippen LogP contribution in [0.3, 0.4) is 0 Å². The summed E-state index contributed by atoms with van der Waals surface area (Å²) >= 11 is 5.92. The molecule has 2 amide bonds. The first-order valence-corrected chi connectivity index (χ1v) is 6.28. The van der Waals surface area contributed by atoms with Crippen molar-refractivity contribution < 1.29 is 14.0 Å². The minimum Gasteiger partial charge on any atom is -0.277 e. The number of hydrogen-bond acceptors (Lipinski definition) is 2. The quantitative estimate of drug-likeness (QED) is 0.580. The lowest BCUT2D eigenvalue weighted by Crippen LogP contribution is -2.40. The Kier molecular flexibility index (Phi) is 3.97. The molecule has 1 aliphatic rings. The van der Waals surface area contributed by atoms with Gasteiger partial charge in [0, 0.05) is 12.1 Å². The molecule has 0 aliphatic carbocycles. The summed E-state index contributed by atoms with van der Waals surface area (Å²) in [5.41, 5.74) is 0.301. The summed E-state index contributed by atoms with van der Waals surface area (Å²) < 4.78 is 12.8. The van der Waals surface area contributed by atoms with Crippen molar-refractivity contribution in [2.45, 2.75) is 24.6 Å². The monoisotopic (exact) mass is 269 g/mol. The van der Waals surface area contributed by atoms with Crippen LogP contribution < -0.4 is 0 Å². The number of likely N-dealkylation sites (tertiary alicyclic amines) is 1. The van der Waals surface area contributed by atoms with Gasteiger partial charge in [0.25, 0.3) is 5.91 Å². The minimum atomic E-state index is -0.642. The number of nitrogens with zero attached hydrogens (tertiary/aromatic N) is 1. The average molecular weight is 270 g/mol. The first-order valence-electron chi connectivity index (χ1n) is 5.85. The van der Waals surface area contributed by atoms with E-state index in [-0.39, 0.29) is 5.91 Å². The highest BCUT2D eigenvalue weighted by Crippen LogP contribution is 2.19. The van der Waals surface area contributed by atoms with Crippen LogP contribution in [0.5, 0.6) is 0 Å². The van der Waals surface area contributed by atoms with E-state index >= 15 is 0 Å². The lowest BCUT2D eigenvalue weighted by Gasteiger charge is -2.20. The summed E-state index contributed by atoms with van der Waals surface area (Å²) in [5, 5.41) is -0.642. The Bertz CT molecular complexity index is 461. The normalized spacial score (nSPS) is 20.7. The van der Waals surface area contributed by atoms with Gasteiger partial charge in [-0.25, -0.2) is 4.39 Å². The lowest BCUT2D eigenvalue weighted by molar-refractivity contribution is -0.127. The number of hydrogen-bond donors (Lipinski definition) is 0. The number of carbonyl (C=O) groups excluding carboxylic acids is 2. The highest BCUT2D eigenvalue weighted by atomic mass is 35.5. The summed E-state index contributed by atoms with van der Waals surface area (Å²) in [5.74, 6) is -1.18. The molecule has 0 N–H and O–H groups in total. The zero-order chi connectivity index (χ0) is 13.1. The third-order valence-electron chi connectivity index (χ3n) is 2.96. The summed E-state index contributed by atoms with van der Waals surface area (Å²) in [6.07, 6.45) is 2.17. The highest BCUT2D eigenvalue weighted by Gasteiger charge is 2.30. The van der Waals surface area contributed by atoms with E-state index in [9.17, 15) is 14.0 Å². The fourth-order valence-electron chi connectivity index (χ4n) is 1.95. The number of carbonyl (C=O) groups is 2. The van der Waals surface area contributed by atoms with Gasteiger partial charge in [0.2, 0.25) is 5.91 Å². The van der Waals surface area contributed by atoms with E-state index in [0.717, 1.165) is 17.7 Å². The molecule has 1 aliphatic heterocycles. The first kappa shape index (κ1) is 13.0. The van der Waals surface area contributed by atoms with Crippen molar-refractivity contribution in [2.75, 3.05) is 6.54 Å². The molecular formula is C13H13ClFNO2. The molecule has 0 saturated carbocycles. The summed E-state index contributed by atoms with van der Waals surface area (Å²) in [7, 11) is 0. The maximum Gasteiger partial charge on any atom is 0.260 e. The van der Waals surface area contributed by atoms with Crippen molar-refractivity contribution in [3.63, 3.8) is 0 Å². The van der Waals surface area contributed by atoms with E-state index in [2.05, 4.69) is 0 Å². The van der Waals surface area contributed by atoms with Crippen LogP contribution in [-0.4, -0.2) is 28.6 Å². The Hall–Kier alpha value is -1.42. The molecule has 5 heteroatoms. The molecule has 1 heterocycles. The number of benzene rings is 1. The molecule has 1 aromatic carbocycles. The van der Waals surface area contributed by atoms with E-state index in [1.54, 1.807) is 0 Å². The second kappa shape index (κ2) is 5.48. The second-order valence-corrected chi connectivity index (χ2v) is 4.79. The van der Waals surface area contributed by atoms with Gasteiger partial charge in [-0.05, 0) is 43.5 Å². The number of halogens is 2. The van der Waals surface area contributed by atoms with Gasteiger partial charge in [-0.1, -0.05) is 0 Å². The zero-order valence-corrected chi connectivity index (χ0v) is 10.5. The Balaban J connectivity index is 2.21. The van der Waals surface area contributed by atoms with Gasteiger partial charge in [-0.2, -0.15) is 0 Å². The van der Waals surface area contributed by atoms with Crippen molar-refractivity contribution in [3.05, 3.63) is 35.6 Å². The molecule has 3 nitrogen and oxygen atoms in total. The third kappa shape index (κ3) is 2.70. The van der Waals surface area contributed by atoms with Crippen molar-refractivity contribution in [1.29, 1.82) is 0 Å². The molecule has 1 aromatic rings. The molecule has 0 unspecified atom stereocenters. The first-order chi connectivity index (χ1) is 8.59. The van der Waals surface area contributed by atoms with Crippen molar-refractivity contribution in [2.24, 2.45) is 0 Å². The van der Waals surface area contributed by atoms with Gasteiger partial charge in [-0.3, -0.25) is 14.5 Å². The summed E-state index contributed by atoms with van der Waals surface area (Å²) in [4.78, 5) is 25.2. The minimum absolute atomic E-state index is 0.301. The molecule has 18 heavy (non-hydrogen) atoms. The van der Waals surface area contributed by atoms with E-state index in [1.165, 1.54) is 24.3 Å². The molecule has 96 valence electrons. The zero-order valence-electron chi connectivity index (χ0n) is 9.73. The van der Waals surface area contributed by atoms with Crippen LogP contribution in [0.4, 0.5) is 4.39 Å². The topological polar surface area (TPSA) is 37.4 Å². The van der Waals surface area contributed by atoms with E-state index in [4.69, 9.17) is 11.6 Å². The molecule has 1 fully saturated rings. The maximum absolute atomic E-state index is 12.8. The van der Waals surface area contributed by atoms with Gasteiger partial charge in [-0.15, -0.1) is 11.6 Å². The average Bonchev–Trinajstić information content (AvgIpc) is 2.53. The molecule has 1 saturated heterocycles. The SMILES string of the molecule is O=C(c1ccc(F)cc1)N1CCCC[C@H](Cl)C1=O. The van der Waals surface area contributed by atoms with Gasteiger partial charge < -0.3 is 0 Å².